The van der Waals surface area contributed by atoms with Gasteiger partial charge >= 0.3 is 0 Å². The lowest BCUT2D eigenvalue weighted by molar-refractivity contribution is -0.212. The van der Waals surface area contributed by atoms with Gasteiger partial charge in [-0.15, -0.1) is 11.6 Å². The highest BCUT2D eigenvalue weighted by molar-refractivity contribution is 6.34. The molecule has 158 valence electrons. The zero-order valence-corrected chi connectivity index (χ0v) is 19.1. The third-order valence-electron chi connectivity index (χ3n) is 8.93. The molecule has 2 aliphatic carbocycles. The van der Waals surface area contributed by atoms with Crippen molar-refractivity contribution in [2.45, 2.75) is 76.9 Å². The van der Waals surface area contributed by atoms with Gasteiger partial charge in [0.1, 0.15) is 11.4 Å². The molecule has 0 saturated heterocycles. The minimum Gasteiger partial charge on any atom is -0.486 e. The molecule has 4 aliphatic rings. The Hall–Kier alpha value is -0.970. The molecule has 0 radical (unpaired) electrons. The lowest BCUT2D eigenvalue weighted by Gasteiger charge is -2.68. The largest absolute Gasteiger partial charge is 0.486 e. The highest BCUT2D eigenvalue weighted by Crippen LogP contribution is 2.66. The van der Waals surface area contributed by atoms with E-state index in [-0.39, 0.29) is 33.8 Å². The Morgan fingerprint density at radius 2 is 2.00 bits per heavy atom. The van der Waals surface area contributed by atoms with Crippen LogP contribution < -0.4 is 15.8 Å². The number of hydrogen-bond donors (Lipinski definition) is 2. The fourth-order valence-corrected chi connectivity index (χ4v) is 7.71. The summed E-state index contributed by atoms with van der Waals surface area (Å²) in [6, 6.07) is 1.82. The van der Waals surface area contributed by atoms with Crippen molar-refractivity contribution in [3.63, 3.8) is 0 Å². The molecule has 4 nitrogen and oxygen atoms in total. The second kappa shape index (κ2) is 6.05. The smallest absolute Gasteiger partial charge is 0.253 e. The van der Waals surface area contributed by atoms with Crippen molar-refractivity contribution in [3.05, 3.63) is 27.8 Å². The van der Waals surface area contributed by atoms with E-state index in [1.54, 1.807) is 0 Å². The maximum absolute atomic E-state index is 12.4. The summed E-state index contributed by atoms with van der Waals surface area (Å²) in [6.45, 7) is 9.69. The quantitative estimate of drug-likeness (QED) is 0.580. The first-order valence-corrected chi connectivity index (χ1v) is 11.6. The topological polar surface area (TPSA) is 64.3 Å². The Kier molecular flexibility index (Phi) is 4.16. The van der Waals surface area contributed by atoms with E-state index in [0.29, 0.717) is 29.0 Å². The summed E-state index contributed by atoms with van der Waals surface area (Å²) >= 11 is 13.4. The fraction of sp³-hybridized carbons (Fsp3) is 0.696. The van der Waals surface area contributed by atoms with Crippen molar-refractivity contribution in [3.8, 4) is 5.75 Å². The number of nitrogens with one attached hydrogen (secondary N) is 1. The van der Waals surface area contributed by atoms with Crippen LogP contribution in [0.5, 0.6) is 5.75 Å². The number of fused-ring (bicyclic) bond motifs is 3. The number of amides is 1. The standard InChI is InChI=1S/C23H30Cl2N2O2/c1-11-5-6-16-21(2,3)19(25)15(26)9-23(16)22(11,4)8-12-7-14(24)17-13(18(12)29-23)10-27-20(17)28/h7,11,15-16,19H,5-6,8-10,26H2,1-4H3,(H,27,28)/t11-,15+,16-,19-,22+,23-/m0/s1. The molecule has 0 unspecified atom stereocenters. The molecule has 3 N–H and O–H groups in total. The Morgan fingerprint density at radius 3 is 2.72 bits per heavy atom. The summed E-state index contributed by atoms with van der Waals surface area (Å²) < 4.78 is 7.11. The number of alkyl halides is 1. The molecule has 1 aromatic rings. The van der Waals surface area contributed by atoms with Crippen molar-refractivity contribution in [1.82, 2.24) is 5.32 Å². The number of nitrogens with two attached hydrogens (primary N) is 1. The molecular weight excluding hydrogens is 407 g/mol. The molecule has 2 heterocycles. The SMILES string of the molecule is C[C@H]1CC[C@H]2C(C)(C)[C@@H](Cl)[C@H](N)C[C@]23Oc2c(cc(Cl)c4c2CNC4=O)C[C@]13C. The number of ether oxygens (including phenoxy) is 1. The predicted octanol–water partition coefficient (Wildman–Crippen LogP) is 4.67. The number of hydrogen-bond acceptors (Lipinski definition) is 3. The number of halogens is 2. The van der Waals surface area contributed by atoms with Crippen LogP contribution in [0.3, 0.4) is 0 Å². The number of rotatable bonds is 0. The summed E-state index contributed by atoms with van der Waals surface area (Å²) in [5, 5.41) is 3.36. The summed E-state index contributed by atoms with van der Waals surface area (Å²) in [7, 11) is 0. The van der Waals surface area contributed by atoms with Crippen LogP contribution in [0.15, 0.2) is 6.07 Å². The first-order valence-electron chi connectivity index (χ1n) is 10.7. The van der Waals surface area contributed by atoms with Crippen molar-refractivity contribution in [1.29, 1.82) is 0 Å². The molecule has 2 fully saturated rings. The summed E-state index contributed by atoms with van der Waals surface area (Å²) in [6.07, 6.45) is 3.87. The van der Waals surface area contributed by atoms with Gasteiger partial charge < -0.3 is 15.8 Å². The van der Waals surface area contributed by atoms with Crippen LogP contribution in [0, 0.1) is 22.7 Å². The molecule has 6 heteroatoms. The molecule has 6 atom stereocenters. The van der Waals surface area contributed by atoms with Crippen molar-refractivity contribution < 1.29 is 9.53 Å². The van der Waals surface area contributed by atoms with Gasteiger partial charge in [-0.3, -0.25) is 4.79 Å². The van der Waals surface area contributed by atoms with Gasteiger partial charge in [-0.2, -0.15) is 0 Å². The normalized spacial score (nSPS) is 42.1. The van der Waals surface area contributed by atoms with Gasteiger partial charge in [0.25, 0.3) is 5.91 Å². The second-order valence-corrected chi connectivity index (χ2v) is 11.5. The number of carbonyl (C=O) groups excluding carboxylic acids is 1. The molecule has 2 aliphatic heterocycles. The number of carbonyl (C=O) groups is 1. The first-order chi connectivity index (χ1) is 13.5. The lowest BCUT2D eigenvalue weighted by atomic mass is 9.43. The van der Waals surface area contributed by atoms with Crippen molar-refractivity contribution in [2.24, 2.45) is 28.4 Å². The lowest BCUT2D eigenvalue weighted by Crippen LogP contribution is -2.73. The third-order valence-corrected chi connectivity index (χ3v) is 10.1. The van der Waals surface area contributed by atoms with Gasteiger partial charge in [0.15, 0.2) is 0 Å². The van der Waals surface area contributed by atoms with E-state index in [9.17, 15) is 4.79 Å². The molecule has 0 aromatic heterocycles. The second-order valence-electron chi connectivity index (χ2n) is 10.6. The van der Waals surface area contributed by atoms with E-state index >= 15 is 0 Å². The van der Waals surface area contributed by atoms with Crippen LogP contribution in [0.4, 0.5) is 0 Å². The molecule has 5 rings (SSSR count). The highest BCUT2D eigenvalue weighted by Gasteiger charge is 2.69. The maximum atomic E-state index is 12.4. The summed E-state index contributed by atoms with van der Waals surface area (Å²) in [5.41, 5.74) is 8.65. The predicted molar refractivity (Wildman–Crippen MR) is 116 cm³/mol. The average Bonchev–Trinajstić information content (AvgIpc) is 3.03. The zero-order chi connectivity index (χ0) is 20.9. The van der Waals surface area contributed by atoms with E-state index in [4.69, 9.17) is 33.7 Å². The van der Waals surface area contributed by atoms with Gasteiger partial charge in [0.2, 0.25) is 0 Å². The molecule has 1 amide bonds. The molecule has 2 saturated carbocycles. The highest BCUT2D eigenvalue weighted by atomic mass is 35.5. The molecule has 29 heavy (non-hydrogen) atoms. The third kappa shape index (κ3) is 2.34. The Bertz CT molecular complexity index is 917. The fourth-order valence-electron chi connectivity index (χ4n) is 7.13. The van der Waals surface area contributed by atoms with E-state index in [2.05, 4.69) is 33.0 Å². The van der Waals surface area contributed by atoms with Gasteiger partial charge in [-0.1, -0.05) is 39.3 Å². The van der Waals surface area contributed by atoms with Gasteiger partial charge in [-0.05, 0) is 42.2 Å². The van der Waals surface area contributed by atoms with Crippen LogP contribution >= 0.6 is 23.2 Å². The first kappa shape index (κ1) is 20.0. The van der Waals surface area contributed by atoms with Crippen molar-refractivity contribution in [2.75, 3.05) is 0 Å². The average molecular weight is 437 g/mol. The minimum absolute atomic E-state index is 0.0670. The monoisotopic (exact) mass is 436 g/mol. The Balaban J connectivity index is 1.74. The Morgan fingerprint density at radius 1 is 1.28 bits per heavy atom. The Labute approximate surface area is 182 Å². The zero-order valence-electron chi connectivity index (χ0n) is 17.6. The molecule has 1 aromatic carbocycles. The van der Waals surface area contributed by atoms with Crippen LogP contribution in [-0.4, -0.2) is 22.9 Å². The van der Waals surface area contributed by atoms with Crippen LogP contribution in [0.1, 0.15) is 68.4 Å². The van der Waals surface area contributed by atoms with Gasteiger partial charge in [0.05, 0.1) is 16.0 Å². The van der Waals surface area contributed by atoms with Gasteiger partial charge in [-0.25, -0.2) is 0 Å². The van der Waals surface area contributed by atoms with E-state index in [0.717, 1.165) is 42.6 Å². The van der Waals surface area contributed by atoms with Crippen molar-refractivity contribution >= 4 is 29.1 Å². The number of benzene rings is 1. The molecule has 0 bridgehead atoms. The van der Waals surface area contributed by atoms with Crippen LogP contribution in [-0.2, 0) is 13.0 Å². The molecular formula is C23H30Cl2N2O2. The van der Waals surface area contributed by atoms with E-state index in [1.165, 1.54) is 0 Å². The van der Waals surface area contributed by atoms with Gasteiger partial charge in [0, 0.05) is 35.9 Å². The summed E-state index contributed by atoms with van der Waals surface area (Å²) in [4.78, 5) is 12.4. The van der Waals surface area contributed by atoms with E-state index < -0.39 is 0 Å². The molecule has 1 spiro atoms. The maximum Gasteiger partial charge on any atom is 0.253 e. The summed E-state index contributed by atoms with van der Waals surface area (Å²) in [5.74, 6) is 1.55. The van der Waals surface area contributed by atoms with Crippen LogP contribution in [0.25, 0.3) is 0 Å². The minimum atomic E-state index is -0.390. The van der Waals surface area contributed by atoms with Crippen LogP contribution in [0.2, 0.25) is 5.02 Å². The van der Waals surface area contributed by atoms with E-state index in [1.807, 2.05) is 6.07 Å².